The van der Waals surface area contributed by atoms with Crippen LogP contribution in [0.5, 0.6) is 17.2 Å². The Morgan fingerprint density at radius 1 is 0.632 bits per heavy atom. The van der Waals surface area contributed by atoms with Crippen molar-refractivity contribution in [1.29, 1.82) is 0 Å². The number of phenols is 2. The zero-order valence-electron chi connectivity index (χ0n) is 23.6. The summed E-state index contributed by atoms with van der Waals surface area (Å²) in [4.78, 5) is 9.46. The third-order valence-corrected chi connectivity index (χ3v) is 6.54. The van der Waals surface area contributed by atoms with Gasteiger partial charge in [-0.15, -0.1) is 0 Å². The maximum absolute atomic E-state index is 10.9. The molecule has 3 aromatic rings. The standard InChI is InChI=1S/C33H42N2O3/c1-6-10-23-16-25(12-8-3)32(36)27(18-23)21-34-30-15-14-29(38-5)20-31(30)35-22-28-19-24(11-7-2)17-26(13-9-4)33(28)37/h14-22,36-37H,6-13H2,1-5H3. The van der Waals surface area contributed by atoms with Gasteiger partial charge in [0.15, 0.2) is 0 Å². The summed E-state index contributed by atoms with van der Waals surface area (Å²) in [6, 6.07) is 13.8. The zero-order chi connectivity index (χ0) is 27.5. The van der Waals surface area contributed by atoms with Gasteiger partial charge in [0.25, 0.3) is 0 Å². The summed E-state index contributed by atoms with van der Waals surface area (Å²) >= 11 is 0. The summed E-state index contributed by atoms with van der Waals surface area (Å²) in [6.07, 6.45) is 11.0. The van der Waals surface area contributed by atoms with Gasteiger partial charge in [0.1, 0.15) is 17.2 Å². The number of aryl methyl sites for hydroxylation is 4. The van der Waals surface area contributed by atoms with Crippen LogP contribution >= 0.6 is 0 Å². The number of hydrogen-bond donors (Lipinski definition) is 2. The van der Waals surface area contributed by atoms with Crippen molar-refractivity contribution in [2.75, 3.05) is 7.11 Å². The van der Waals surface area contributed by atoms with E-state index in [0.717, 1.165) is 62.5 Å². The van der Waals surface area contributed by atoms with Crippen molar-refractivity contribution in [1.82, 2.24) is 0 Å². The smallest absolute Gasteiger partial charge is 0.127 e. The van der Waals surface area contributed by atoms with Crippen molar-refractivity contribution in [3.8, 4) is 17.2 Å². The largest absolute Gasteiger partial charge is 0.507 e. The molecule has 202 valence electrons. The highest BCUT2D eigenvalue weighted by Gasteiger charge is 2.11. The SMILES string of the molecule is CCCc1cc(C=Nc2ccc(OC)cc2N=Cc2cc(CCC)cc(CCC)c2O)c(O)c(CCC)c1. The summed E-state index contributed by atoms with van der Waals surface area (Å²) in [5.41, 5.74) is 6.99. The topological polar surface area (TPSA) is 74.4 Å². The van der Waals surface area contributed by atoms with Gasteiger partial charge in [0, 0.05) is 29.6 Å². The van der Waals surface area contributed by atoms with Gasteiger partial charge >= 0.3 is 0 Å². The molecule has 3 aromatic carbocycles. The lowest BCUT2D eigenvalue weighted by Gasteiger charge is -2.11. The number of nitrogens with zero attached hydrogens (tertiary/aromatic N) is 2. The summed E-state index contributed by atoms with van der Waals surface area (Å²) in [7, 11) is 1.62. The molecule has 38 heavy (non-hydrogen) atoms. The molecule has 0 amide bonds. The fourth-order valence-corrected chi connectivity index (χ4v) is 4.68. The Kier molecular flexibility index (Phi) is 11.0. The average Bonchev–Trinajstić information content (AvgIpc) is 2.91. The van der Waals surface area contributed by atoms with Gasteiger partial charge in [0.05, 0.1) is 18.5 Å². The molecule has 0 spiro atoms. The van der Waals surface area contributed by atoms with Gasteiger partial charge < -0.3 is 14.9 Å². The van der Waals surface area contributed by atoms with Crippen LogP contribution in [-0.4, -0.2) is 29.8 Å². The molecule has 0 heterocycles. The molecular formula is C33H42N2O3. The van der Waals surface area contributed by atoms with Crippen LogP contribution in [0.1, 0.15) is 86.8 Å². The predicted molar refractivity (Wildman–Crippen MR) is 160 cm³/mol. The fraction of sp³-hybridized carbons (Fsp3) is 0.394. The molecule has 0 aliphatic heterocycles. The highest BCUT2D eigenvalue weighted by molar-refractivity contribution is 5.90. The first kappa shape index (κ1) is 29.0. The first-order chi connectivity index (χ1) is 18.4. The van der Waals surface area contributed by atoms with Gasteiger partial charge in [-0.25, -0.2) is 0 Å². The van der Waals surface area contributed by atoms with Crippen LogP contribution in [0.4, 0.5) is 11.4 Å². The molecule has 2 N–H and O–H groups in total. The second kappa shape index (κ2) is 14.4. The van der Waals surface area contributed by atoms with E-state index in [-0.39, 0.29) is 11.5 Å². The van der Waals surface area contributed by atoms with Crippen molar-refractivity contribution in [3.63, 3.8) is 0 Å². The van der Waals surface area contributed by atoms with Crippen molar-refractivity contribution < 1.29 is 14.9 Å². The van der Waals surface area contributed by atoms with Gasteiger partial charge in [-0.1, -0.05) is 65.5 Å². The Morgan fingerprint density at radius 2 is 1.11 bits per heavy atom. The summed E-state index contributed by atoms with van der Waals surface area (Å²) in [6.45, 7) is 8.54. The number of benzene rings is 3. The van der Waals surface area contributed by atoms with Crippen LogP contribution in [0.25, 0.3) is 0 Å². The molecule has 0 atom stereocenters. The van der Waals surface area contributed by atoms with E-state index in [1.807, 2.05) is 30.3 Å². The third kappa shape index (κ3) is 7.47. The van der Waals surface area contributed by atoms with E-state index in [1.54, 1.807) is 19.5 Å². The van der Waals surface area contributed by atoms with Gasteiger partial charge in [-0.05, 0) is 72.2 Å². The molecule has 0 radical (unpaired) electrons. The second-order valence-corrected chi connectivity index (χ2v) is 9.76. The lowest BCUT2D eigenvalue weighted by atomic mass is 9.99. The minimum absolute atomic E-state index is 0.282. The molecular weight excluding hydrogens is 472 g/mol. The van der Waals surface area contributed by atoms with Crippen LogP contribution in [0.15, 0.2) is 52.4 Å². The number of methoxy groups -OCH3 is 1. The molecule has 0 fully saturated rings. The fourth-order valence-electron chi connectivity index (χ4n) is 4.68. The zero-order valence-corrected chi connectivity index (χ0v) is 23.6. The maximum Gasteiger partial charge on any atom is 0.127 e. The first-order valence-electron chi connectivity index (χ1n) is 13.9. The molecule has 3 rings (SSSR count). The normalized spacial score (nSPS) is 11.6. The third-order valence-electron chi connectivity index (χ3n) is 6.54. The number of hydrogen-bond acceptors (Lipinski definition) is 5. The molecule has 5 heteroatoms. The highest BCUT2D eigenvalue weighted by Crippen LogP contribution is 2.34. The Morgan fingerprint density at radius 3 is 1.55 bits per heavy atom. The monoisotopic (exact) mass is 514 g/mol. The number of aliphatic imine (C=N–C) groups is 2. The quantitative estimate of drug-likeness (QED) is 0.225. The number of aromatic hydroxyl groups is 2. The predicted octanol–water partition coefficient (Wildman–Crippen LogP) is 8.42. The van der Waals surface area contributed by atoms with Crippen molar-refractivity contribution >= 4 is 23.8 Å². The average molecular weight is 515 g/mol. The van der Waals surface area contributed by atoms with Crippen LogP contribution in [0, 0.1) is 0 Å². The minimum atomic E-state index is 0.282. The Labute approximate surface area is 228 Å². The van der Waals surface area contributed by atoms with E-state index in [0.29, 0.717) is 28.3 Å². The summed E-state index contributed by atoms with van der Waals surface area (Å²) in [5, 5.41) is 21.8. The maximum atomic E-state index is 10.9. The Balaban J connectivity index is 2.03. The number of phenolic OH excluding ortho intramolecular Hbond substituents is 2. The van der Waals surface area contributed by atoms with Crippen molar-refractivity contribution in [3.05, 3.63) is 75.8 Å². The van der Waals surface area contributed by atoms with E-state index in [4.69, 9.17) is 14.7 Å². The van der Waals surface area contributed by atoms with Gasteiger partial charge in [-0.3, -0.25) is 9.98 Å². The van der Waals surface area contributed by atoms with Crippen LogP contribution in [0.2, 0.25) is 0 Å². The molecule has 0 saturated heterocycles. The minimum Gasteiger partial charge on any atom is -0.507 e. The molecule has 0 saturated carbocycles. The van der Waals surface area contributed by atoms with E-state index < -0.39 is 0 Å². The molecule has 5 nitrogen and oxygen atoms in total. The number of rotatable bonds is 13. The molecule has 0 bridgehead atoms. The van der Waals surface area contributed by atoms with E-state index >= 15 is 0 Å². The van der Waals surface area contributed by atoms with Gasteiger partial charge in [0.2, 0.25) is 0 Å². The van der Waals surface area contributed by atoms with Crippen molar-refractivity contribution in [2.24, 2.45) is 9.98 Å². The lowest BCUT2D eigenvalue weighted by Crippen LogP contribution is -1.95. The van der Waals surface area contributed by atoms with E-state index in [2.05, 4.69) is 39.8 Å². The van der Waals surface area contributed by atoms with Crippen LogP contribution in [0.3, 0.4) is 0 Å². The van der Waals surface area contributed by atoms with Crippen molar-refractivity contribution in [2.45, 2.75) is 79.1 Å². The van der Waals surface area contributed by atoms with E-state index in [1.165, 1.54) is 11.1 Å². The number of ether oxygens (including phenoxy) is 1. The Bertz CT molecular complexity index is 1280. The highest BCUT2D eigenvalue weighted by atomic mass is 16.5. The summed E-state index contributed by atoms with van der Waals surface area (Å²) in [5.74, 6) is 1.24. The lowest BCUT2D eigenvalue weighted by molar-refractivity contribution is 0.415. The summed E-state index contributed by atoms with van der Waals surface area (Å²) < 4.78 is 5.44. The molecule has 0 aromatic heterocycles. The van der Waals surface area contributed by atoms with Crippen LogP contribution in [-0.2, 0) is 25.7 Å². The van der Waals surface area contributed by atoms with Gasteiger partial charge in [-0.2, -0.15) is 0 Å². The molecule has 0 unspecified atom stereocenters. The first-order valence-corrected chi connectivity index (χ1v) is 13.9. The van der Waals surface area contributed by atoms with E-state index in [9.17, 15) is 10.2 Å². The molecule has 0 aliphatic rings. The second-order valence-electron chi connectivity index (χ2n) is 9.76. The Hall–Kier alpha value is -3.60. The van der Waals surface area contributed by atoms with Crippen LogP contribution < -0.4 is 4.74 Å². The molecule has 0 aliphatic carbocycles.